The molecule has 4 nitrogen and oxygen atoms in total. The molecule has 0 fully saturated rings. The molecule has 1 atom stereocenters. The fourth-order valence-electron chi connectivity index (χ4n) is 2.67. The summed E-state index contributed by atoms with van der Waals surface area (Å²) in [6.07, 6.45) is 2.59. The molecule has 2 rings (SSSR count). The van der Waals surface area contributed by atoms with Gasteiger partial charge in [-0.25, -0.2) is 0 Å². The zero-order valence-electron chi connectivity index (χ0n) is 14.8. The average molecular weight is 355 g/mol. The largest absolute Gasteiger partial charge is 0.301 e. The van der Waals surface area contributed by atoms with Crippen LogP contribution in [-0.4, -0.2) is 31.4 Å². The summed E-state index contributed by atoms with van der Waals surface area (Å²) in [5.41, 5.74) is 3.37. The van der Waals surface area contributed by atoms with Crippen LogP contribution in [0.1, 0.15) is 22.7 Å². The highest BCUT2D eigenvalue weighted by atomic mass is 35.5. The Bertz CT molecular complexity index is 777. The van der Waals surface area contributed by atoms with Crippen LogP contribution >= 0.6 is 11.6 Å². The van der Waals surface area contributed by atoms with Gasteiger partial charge in [-0.2, -0.15) is 5.26 Å². The Morgan fingerprint density at radius 3 is 2.52 bits per heavy atom. The number of likely N-dealkylation sites (N-methyl/N-ethyl adjacent to an activating group) is 1. The van der Waals surface area contributed by atoms with Crippen molar-refractivity contribution in [2.75, 3.05) is 20.6 Å². The van der Waals surface area contributed by atoms with Crippen molar-refractivity contribution in [1.29, 1.82) is 5.26 Å². The zero-order valence-corrected chi connectivity index (χ0v) is 15.6. The number of hydrogen-bond donors (Lipinski definition) is 1. The maximum Gasteiger partial charge on any atom is 0.182 e. The zero-order chi connectivity index (χ0) is 18.2. The van der Waals surface area contributed by atoms with E-state index in [1.807, 2.05) is 56.7 Å². The van der Waals surface area contributed by atoms with Crippen LogP contribution in [0.3, 0.4) is 0 Å². The van der Waals surface area contributed by atoms with Crippen molar-refractivity contribution in [3.8, 4) is 6.19 Å². The third kappa shape index (κ3) is 5.32. The summed E-state index contributed by atoms with van der Waals surface area (Å²) >= 11 is 6.35. The van der Waals surface area contributed by atoms with Gasteiger partial charge in [0.25, 0.3) is 0 Å². The first-order valence-electron chi connectivity index (χ1n) is 8.16. The maximum absolute atomic E-state index is 9.05. The van der Waals surface area contributed by atoms with Gasteiger partial charge in [0.1, 0.15) is 5.84 Å². The lowest BCUT2D eigenvalue weighted by Gasteiger charge is -2.24. The van der Waals surface area contributed by atoms with Crippen LogP contribution in [0.4, 0.5) is 0 Å². The number of aliphatic imine (C=N–C) groups is 1. The van der Waals surface area contributed by atoms with Gasteiger partial charge in [0.2, 0.25) is 0 Å². The molecule has 2 aromatic rings. The van der Waals surface area contributed by atoms with Crippen molar-refractivity contribution >= 4 is 17.4 Å². The Kier molecular flexibility index (Phi) is 7.00. The van der Waals surface area contributed by atoms with Gasteiger partial charge in [0, 0.05) is 11.4 Å². The lowest BCUT2D eigenvalue weighted by atomic mass is 10.0. The SMILES string of the molecule is Cc1ccccc1CC(=NCC(c1ccccc1Cl)N(C)C)NC#N. The molecule has 25 heavy (non-hydrogen) atoms. The first-order chi connectivity index (χ1) is 12.0. The molecule has 0 radical (unpaired) electrons. The number of nitriles is 1. The van der Waals surface area contributed by atoms with E-state index in [0.717, 1.165) is 16.1 Å². The summed E-state index contributed by atoms with van der Waals surface area (Å²) in [6, 6.07) is 16.0. The molecule has 0 amide bonds. The lowest BCUT2D eigenvalue weighted by Crippen LogP contribution is -2.26. The fourth-order valence-corrected chi connectivity index (χ4v) is 2.94. The second-order valence-corrected chi connectivity index (χ2v) is 6.54. The summed E-state index contributed by atoms with van der Waals surface area (Å²) in [5.74, 6) is 0.663. The van der Waals surface area contributed by atoms with E-state index in [0.29, 0.717) is 18.8 Å². The topological polar surface area (TPSA) is 51.4 Å². The highest BCUT2D eigenvalue weighted by Gasteiger charge is 2.17. The van der Waals surface area contributed by atoms with E-state index >= 15 is 0 Å². The van der Waals surface area contributed by atoms with Gasteiger partial charge in [-0.05, 0) is 43.8 Å². The molecule has 0 saturated heterocycles. The van der Waals surface area contributed by atoms with E-state index in [-0.39, 0.29) is 6.04 Å². The Balaban J connectivity index is 2.22. The monoisotopic (exact) mass is 354 g/mol. The summed E-state index contributed by atoms with van der Waals surface area (Å²) in [5, 5.41) is 12.5. The molecule has 0 heterocycles. The van der Waals surface area contributed by atoms with Gasteiger partial charge in [-0.15, -0.1) is 0 Å². The Labute approximate surface area is 154 Å². The van der Waals surface area contributed by atoms with Crippen molar-refractivity contribution in [3.63, 3.8) is 0 Å². The van der Waals surface area contributed by atoms with E-state index in [4.69, 9.17) is 16.9 Å². The number of halogens is 1. The van der Waals surface area contributed by atoms with Gasteiger partial charge < -0.3 is 4.90 Å². The summed E-state index contributed by atoms with van der Waals surface area (Å²) in [7, 11) is 4.00. The van der Waals surface area contributed by atoms with Gasteiger partial charge >= 0.3 is 0 Å². The summed E-state index contributed by atoms with van der Waals surface area (Å²) < 4.78 is 0. The van der Waals surface area contributed by atoms with Crippen molar-refractivity contribution in [2.45, 2.75) is 19.4 Å². The number of aryl methyl sites for hydroxylation is 1. The fraction of sp³-hybridized carbons (Fsp3) is 0.300. The molecule has 0 saturated carbocycles. The molecular weight excluding hydrogens is 332 g/mol. The van der Waals surface area contributed by atoms with Crippen LogP contribution in [0, 0.1) is 18.4 Å². The quantitative estimate of drug-likeness (QED) is 0.369. The minimum atomic E-state index is 0.0427. The predicted molar refractivity (Wildman–Crippen MR) is 104 cm³/mol. The summed E-state index contributed by atoms with van der Waals surface area (Å²) in [4.78, 5) is 6.76. The molecule has 0 bridgehead atoms. The highest BCUT2D eigenvalue weighted by Crippen LogP contribution is 2.26. The standard InChI is InChI=1S/C20H23ClN4/c1-15-8-4-5-9-16(15)12-20(24-14-22)23-13-19(25(2)3)17-10-6-7-11-18(17)21/h4-11,19H,12-13H2,1-3H3,(H,23,24). The minimum Gasteiger partial charge on any atom is -0.301 e. The predicted octanol–water partition coefficient (Wildman–Crippen LogP) is 3.96. The van der Waals surface area contributed by atoms with E-state index in [9.17, 15) is 0 Å². The first-order valence-corrected chi connectivity index (χ1v) is 8.54. The van der Waals surface area contributed by atoms with Crippen molar-refractivity contribution in [2.24, 2.45) is 4.99 Å². The van der Waals surface area contributed by atoms with E-state index < -0.39 is 0 Å². The van der Waals surface area contributed by atoms with Crippen molar-refractivity contribution in [1.82, 2.24) is 10.2 Å². The first kappa shape index (κ1) is 19.0. The van der Waals surface area contributed by atoms with Crippen LogP contribution < -0.4 is 5.32 Å². The van der Waals surface area contributed by atoms with Crippen molar-refractivity contribution in [3.05, 3.63) is 70.2 Å². The molecule has 1 N–H and O–H groups in total. The molecule has 130 valence electrons. The van der Waals surface area contributed by atoms with Crippen molar-refractivity contribution < 1.29 is 0 Å². The molecule has 1 unspecified atom stereocenters. The highest BCUT2D eigenvalue weighted by molar-refractivity contribution is 6.31. The molecule has 5 heteroatoms. The third-order valence-electron chi connectivity index (χ3n) is 4.16. The number of rotatable bonds is 6. The number of amidine groups is 1. The molecule has 0 aliphatic heterocycles. The van der Waals surface area contributed by atoms with Crippen LogP contribution in [0.25, 0.3) is 0 Å². The van der Waals surface area contributed by atoms with Crippen LogP contribution in [0.15, 0.2) is 53.5 Å². The van der Waals surface area contributed by atoms with Crippen LogP contribution in [0.5, 0.6) is 0 Å². The second kappa shape index (κ2) is 9.22. The maximum atomic E-state index is 9.05. The van der Waals surface area contributed by atoms with Crippen LogP contribution in [-0.2, 0) is 6.42 Å². The van der Waals surface area contributed by atoms with E-state index in [1.165, 1.54) is 5.56 Å². The third-order valence-corrected chi connectivity index (χ3v) is 4.51. The molecule has 0 aliphatic carbocycles. The van der Waals surface area contributed by atoms with E-state index in [1.54, 1.807) is 0 Å². The Morgan fingerprint density at radius 2 is 1.88 bits per heavy atom. The Morgan fingerprint density at radius 1 is 1.20 bits per heavy atom. The number of nitrogens with one attached hydrogen (secondary N) is 1. The van der Waals surface area contributed by atoms with E-state index in [2.05, 4.69) is 34.3 Å². The lowest BCUT2D eigenvalue weighted by molar-refractivity contribution is 0.306. The molecular formula is C20H23ClN4. The van der Waals surface area contributed by atoms with Gasteiger partial charge in [0.15, 0.2) is 6.19 Å². The Hall–Kier alpha value is -2.35. The normalized spacial score (nSPS) is 12.7. The van der Waals surface area contributed by atoms with Gasteiger partial charge in [-0.3, -0.25) is 10.3 Å². The minimum absolute atomic E-state index is 0.0427. The second-order valence-electron chi connectivity index (χ2n) is 6.13. The molecule has 2 aromatic carbocycles. The van der Waals surface area contributed by atoms with Crippen LogP contribution in [0.2, 0.25) is 5.02 Å². The molecule has 0 aliphatic rings. The smallest absolute Gasteiger partial charge is 0.182 e. The number of nitrogens with zero attached hydrogens (tertiary/aromatic N) is 3. The van der Waals surface area contributed by atoms with Gasteiger partial charge in [0.05, 0.1) is 12.6 Å². The number of benzene rings is 2. The molecule has 0 aromatic heterocycles. The summed E-state index contributed by atoms with van der Waals surface area (Å²) in [6.45, 7) is 2.58. The number of hydrogen-bond acceptors (Lipinski definition) is 3. The average Bonchev–Trinajstić information content (AvgIpc) is 2.58. The van der Waals surface area contributed by atoms with Gasteiger partial charge in [-0.1, -0.05) is 54.1 Å². The molecule has 0 spiro atoms.